The van der Waals surface area contributed by atoms with E-state index in [0.29, 0.717) is 0 Å². The third kappa shape index (κ3) is 2.71. The number of fused-ring (bicyclic) bond motifs is 1. The fourth-order valence-electron chi connectivity index (χ4n) is 2.88. The van der Waals surface area contributed by atoms with Gasteiger partial charge in [0, 0.05) is 61.3 Å². The van der Waals surface area contributed by atoms with Crippen LogP contribution < -0.4 is 5.32 Å². The van der Waals surface area contributed by atoms with E-state index < -0.39 is 0 Å². The summed E-state index contributed by atoms with van der Waals surface area (Å²) < 4.78 is 3.40. The maximum atomic E-state index is 3.69. The normalized spacial score (nSPS) is 17.2. The zero-order valence-corrected chi connectivity index (χ0v) is 12.9. The monoisotopic (exact) mass is 321 g/mol. The quantitative estimate of drug-likeness (QED) is 0.936. The molecule has 0 aliphatic carbocycles. The Labute approximate surface area is 122 Å². The van der Waals surface area contributed by atoms with Crippen molar-refractivity contribution in [3.8, 4) is 0 Å². The molecular weight excluding hydrogens is 302 g/mol. The second kappa shape index (κ2) is 5.65. The highest BCUT2D eigenvalue weighted by atomic mass is 79.9. The van der Waals surface area contributed by atoms with Crippen LogP contribution in [0.1, 0.15) is 5.56 Å². The molecule has 1 aromatic heterocycles. The largest absolute Gasteiger partial charge is 0.349 e. The van der Waals surface area contributed by atoms with Gasteiger partial charge in [0.25, 0.3) is 0 Å². The molecule has 1 saturated heterocycles. The van der Waals surface area contributed by atoms with Crippen LogP contribution in [0.5, 0.6) is 0 Å². The van der Waals surface area contributed by atoms with E-state index in [2.05, 4.69) is 62.2 Å². The van der Waals surface area contributed by atoms with Crippen LogP contribution in [0.2, 0.25) is 0 Å². The first-order valence-electron chi connectivity index (χ1n) is 6.91. The van der Waals surface area contributed by atoms with Crippen LogP contribution in [0.3, 0.4) is 0 Å². The van der Waals surface area contributed by atoms with Crippen molar-refractivity contribution in [2.24, 2.45) is 7.05 Å². The smallest absolute Gasteiger partial charge is 0.0492 e. The highest BCUT2D eigenvalue weighted by molar-refractivity contribution is 9.10. The van der Waals surface area contributed by atoms with Crippen molar-refractivity contribution >= 4 is 26.8 Å². The Morgan fingerprint density at radius 1 is 1.26 bits per heavy atom. The summed E-state index contributed by atoms with van der Waals surface area (Å²) in [6, 6.07) is 6.62. The molecule has 3 rings (SSSR count). The van der Waals surface area contributed by atoms with Gasteiger partial charge < -0.3 is 14.8 Å². The minimum atomic E-state index is 1.12. The van der Waals surface area contributed by atoms with Gasteiger partial charge in [0.05, 0.1) is 0 Å². The molecule has 1 aliphatic heterocycles. The summed E-state index contributed by atoms with van der Waals surface area (Å²) in [5, 5.41) is 4.78. The molecule has 1 aromatic carbocycles. The van der Waals surface area contributed by atoms with E-state index in [1.165, 1.54) is 34.0 Å². The number of aromatic nitrogens is 1. The molecule has 3 nitrogen and oxygen atoms in total. The second-order valence-electron chi connectivity index (χ2n) is 5.24. The second-order valence-corrected chi connectivity index (χ2v) is 6.10. The van der Waals surface area contributed by atoms with E-state index in [0.717, 1.165) is 26.1 Å². The molecule has 19 heavy (non-hydrogen) atoms. The van der Waals surface area contributed by atoms with Gasteiger partial charge in [-0.05, 0) is 34.0 Å². The molecular formula is C15H20BrN3. The van der Waals surface area contributed by atoms with E-state index in [4.69, 9.17) is 0 Å². The summed E-state index contributed by atoms with van der Waals surface area (Å²) in [4.78, 5) is 2.55. The van der Waals surface area contributed by atoms with Gasteiger partial charge in [-0.3, -0.25) is 0 Å². The number of benzene rings is 1. The Morgan fingerprint density at radius 2 is 2.05 bits per heavy atom. The number of nitrogens with zero attached hydrogens (tertiary/aromatic N) is 2. The number of hydrogen-bond acceptors (Lipinski definition) is 2. The van der Waals surface area contributed by atoms with Gasteiger partial charge in [-0.1, -0.05) is 12.1 Å². The lowest BCUT2D eigenvalue weighted by Crippen LogP contribution is -2.44. The van der Waals surface area contributed by atoms with Crippen LogP contribution in [0.15, 0.2) is 28.9 Å². The van der Waals surface area contributed by atoms with E-state index in [9.17, 15) is 0 Å². The predicted molar refractivity (Wildman–Crippen MR) is 83.6 cm³/mol. The molecule has 2 heterocycles. The molecule has 0 radical (unpaired) electrons. The summed E-state index contributed by atoms with van der Waals surface area (Å²) in [5.41, 5.74) is 2.76. The first kappa shape index (κ1) is 13.2. The third-order valence-corrected chi connectivity index (χ3v) is 4.56. The molecule has 1 aliphatic rings. The van der Waals surface area contributed by atoms with Crippen LogP contribution in [-0.4, -0.2) is 42.2 Å². The lowest BCUT2D eigenvalue weighted by atomic mass is 10.1. The first-order chi connectivity index (χ1) is 9.25. The Bertz CT molecular complexity index is 570. The molecule has 0 spiro atoms. The van der Waals surface area contributed by atoms with Crippen molar-refractivity contribution in [3.05, 3.63) is 34.4 Å². The molecule has 1 fully saturated rings. The molecule has 0 saturated carbocycles. The molecule has 0 unspecified atom stereocenters. The van der Waals surface area contributed by atoms with Crippen molar-refractivity contribution in [1.82, 2.24) is 14.8 Å². The zero-order chi connectivity index (χ0) is 13.2. The zero-order valence-electron chi connectivity index (χ0n) is 11.3. The minimum Gasteiger partial charge on any atom is -0.349 e. The lowest BCUT2D eigenvalue weighted by Gasteiger charge is -2.27. The highest BCUT2D eigenvalue weighted by Crippen LogP contribution is 2.29. The van der Waals surface area contributed by atoms with Gasteiger partial charge in [0.15, 0.2) is 0 Å². The number of rotatable bonds is 3. The number of aryl methyl sites for hydroxylation is 1. The molecule has 1 N–H and O–H groups in total. The molecule has 0 atom stereocenters. The first-order valence-corrected chi connectivity index (χ1v) is 7.70. The van der Waals surface area contributed by atoms with E-state index in [1.54, 1.807) is 0 Å². The lowest BCUT2D eigenvalue weighted by molar-refractivity contribution is 0.244. The van der Waals surface area contributed by atoms with Crippen LogP contribution in [0.4, 0.5) is 0 Å². The van der Waals surface area contributed by atoms with Crippen molar-refractivity contribution in [2.75, 3.05) is 32.7 Å². The molecule has 0 amide bonds. The summed E-state index contributed by atoms with van der Waals surface area (Å²) in [7, 11) is 2.10. The average Bonchev–Trinajstić information content (AvgIpc) is 2.74. The van der Waals surface area contributed by atoms with Gasteiger partial charge in [-0.2, -0.15) is 0 Å². The Morgan fingerprint density at radius 3 is 2.84 bits per heavy atom. The van der Waals surface area contributed by atoms with Crippen molar-refractivity contribution in [1.29, 1.82) is 0 Å². The predicted octanol–water partition coefficient (Wildman–Crippen LogP) is 2.39. The van der Waals surface area contributed by atoms with Crippen molar-refractivity contribution in [2.45, 2.75) is 6.42 Å². The van der Waals surface area contributed by atoms with Crippen LogP contribution >= 0.6 is 15.9 Å². The van der Waals surface area contributed by atoms with Crippen LogP contribution in [-0.2, 0) is 13.5 Å². The molecule has 102 valence electrons. The van der Waals surface area contributed by atoms with Crippen molar-refractivity contribution in [3.63, 3.8) is 0 Å². The summed E-state index contributed by atoms with van der Waals surface area (Å²) in [6.45, 7) is 5.75. The minimum absolute atomic E-state index is 1.12. The fourth-order valence-corrected chi connectivity index (χ4v) is 3.65. The number of nitrogens with one attached hydrogen (secondary N) is 1. The van der Waals surface area contributed by atoms with Gasteiger partial charge in [0.1, 0.15) is 0 Å². The number of piperazine rings is 1. The van der Waals surface area contributed by atoms with Gasteiger partial charge in [-0.15, -0.1) is 0 Å². The highest BCUT2D eigenvalue weighted by Gasteiger charge is 2.12. The maximum absolute atomic E-state index is 3.69. The SMILES string of the molecule is Cn1cc(Br)c2c(CCN3CCNCC3)cccc21. The van der Waals surface area contributed by atoms with E-state index >= 15 is 0 Å². The van der Waals surface area contributed by atoms with Crippen LogP contribution in [0, 0.1) is 0 Å². The number of halogens is 1. The molecule has 2 aromatic rings. The van der Waals surface area contributed by atoms with Gasteiger partial charge in [0.2, 0.25) is 0 Å². The molecule has 4 heteroatoms. The van der Waals surface area contributed by atoms with E-state index in [1.807, 2.05) is 0 Å². The Balaban J connectivity index is 1.80. The van der Waals surface area contributed by atoms with Crippen molar-refractivity contribution < 1.29 is 0 Å². The summed E-state index contributed by atoms with van der Waals surface area (Å²) >= 11 is 3.69. The number of hydrogen-bond donors (Lipinski definition) is 1. The average molecular weight is 322 g/mol. The van der Waals surface area contributed by atoms with Crippen LogP contribution in [0.25, 0.3) is 10.9 Å². The van der Waals surface area contributed by atoms with Gasteiger partial charge >= 0.3 is 0 Å². The summed E-state index contributed by atoms with van der Waals surface area (Å²) in [6.07, 6.45) is 3.28. The summed E-state index contributed by atoms with van der Waals surface area (Å²) in [5.74, 6) is 0. The third-order valence-electron chi connectivity index (χ3n) is 3.96. The fraction of sp³-hybridized carbons (Fsp3) is 0.467. The standard InChI is InChI=1S/C15H20BrN3/c1-18-11-13(16)15-12(3-2-4-14(15)18)5-8-19-9-6-17-7-10-19/h2-4,11,17H,5-10H2,1H3. The Hall–Kier alpha value is -0.840. The van der Waals surface area contributed by atoms with Gasteiger partial charge in [-0.25, -0.2) is 0 Å². The topological polar surface area (TPSA) is 20.2 Å². The Kier molecular flexibility index (Phi) is 3.91. The molecule has 0 bridgehead atoms. The van der Waals surface area contributed by atoms with E-state index in [-0.39, 0.29) is 0 Å². The maximum Gasteiger partial charge on any atom is 0.0492 e.